The van der Waals surface area contributed by atoms with Crippen molar-refractivity contribution in [1.82, 2.24) is 5.32 Å². The normalized spacial score (nSPS) is 10.2. The van der Waals surface area contributed by atoms with Gasteiger partial charge in [0.15, 0.2) is 0 Å². The van der Waals surface area contributed by atoms with E-state index in [1.165, 1.54) is 6.07 Å². The van der Waals surface area contributed by atoms with Crippen molar-refractivity contribution in [3.63, 3.8) is 0 Å². The number of hydrogen-bond acceptors (Lipinski definition) is 2. The fourth-order valence-electron chi connectivity index (χ4n) is 1.02. The number of aliphatic hydroxyl groups is 1. The Hall–Kier alpha value is -0.930. The molecule has 66 valence electrons. The molecule has 0 aliphatic carbocycles. The predicted molar refractivity (Wildman–Crippen MR) is 45.1 cm³/mol. The molecule has 1 aromatic rings. The van der Waals surface area contributed by atoms with E-state index in [0.29, 0.717) is 17.7 Å². The van der Waals surface area contributed by atoms with E-state index in [-0.39, 0.29) is 12.4 Å². The van der Waals surface area contributed by atoms with Gasteiger partial charge in [-0.2, -0.15) is 0 Å². The topological polar surface area (TPSA) is 32.3 Å². The first-order valence-electron chi connectivity index (χ1n) is 3.80. The summed E-state index contributed by atoms with van der Waals surface area (Å²) >= 11 is 0. The lowest BCUT2D eigenvalue weighted by Gasteiger charge is -2.03. The Kier molecular flexibility index (Phi) is 3.19. The van der Waals surface area contributed by atoms with Gasteiger partial charge in [-0.05, 0) is 18.7 Å². The van der Waals surface area contributed by atoms with Crippen molar-refractivity contribution >= 4 is 0 Å². The lowest BCUT2D eigenvalue weighted by atomic mass is 10.1. The zero-order chi connectivity index (χ0) is 8.97. The summed E-state index contributed by atoms with van der Waals surface area (Å²) in [6, 6.07) is 4.75. The van der Waals surface area contributed by atoms with Crippen LogP contribution in [-0.4, -0.2) is 12.2 Å². The standard InChI is InChI=1S/C9H12FNO/c1-11-5-8-3-2-7(6-12)4-9(8)10/h2-4,11-12H,5-6H2,1H3. The third-order valence-electron chi connectivity index (χ3n) is 1.67. The first-order valence-corrected chi connectivity index (χ1v) is 3.80. The third kappa shape index (κ3) is 2.03. The van der Waals surface area contributed by atoms with Crippen molar-refractivity contribution in [3.8, 4) is 0 Å². The molecule has 0 radical (unpaired) electrons. The van der Waals surface area contributed by atoms with Gasteiger partial charge in [0.1, 0.15) is 5.82 Å². The minimum atomic E-state index is -0.268. The molecule has 0 unspecified atom stereocenters. The van der Waals surface area contributed by atoms with Crippen LogP contribution in [0.25, 0.3) is 0 Å². The molecule has 0 amide bonds. The average Bonchev–Trinajstić information content (AvgIpc) is 2.09. The first kappa shape index (κ1) is 9.16. The Labute approximate surface area is 71.0 Å². The van der Waals surface area contributed by atoms with E-state index in [0.717, 1.165) is 0 Å². The van der Waals surface area contributed by atoms with Crippen molar-refractivity contribution in [2.24, 2.45) is 0 Å². The highest BCUT2D eigenvalue weighted by atomic mass is 19.1. The summed E-state index contributed by atoms with van der Waals surface area (Å²) in [5.74, 6) is -0.268. The molecule has 0 spiro atoms. The van der Waals surface area contributed by atoms with Gasteiger partial charge in [0.25, 0.3) is 0 Å². The van der Waals surface area contributed by atoms with E-state index in [1.54, 1.807) is 19.2 Å². The highest BCUT2D eigenvalue weighted by molar-refractivity contribution is 5.23. The first-order chi connectivity index (χ1) is 5.77. The highest BCUT2D eigenvalue weighted by Crippen LogP contribution is 2.09. The maximum atomic E-state index is 13.1. The van der Waals surface area contributed by atoms with Crippen LogP contribution in [0.4, 0.5) is 4.39 Å². The van der Waals surface area contributed by atoms with Crippen LogP contribution in [0.2, 0.25) is 0 Å². The largest absolute Gasteiger partial charge is 0.392 e. The molecule has 3 heteroatoms. The fraction of sp³-hybridized carbons (Fsp3) is 0.333. The number of rotatable bonds is 3. The van der Waals surface area contributed by atoms with Gasteiger partial charge in [0.2, 0.25) is 0 Å². The SMILES string of the molecule is CNCc1ccc(CO)cc1F. The molecule has 1 aromatic carbocycles. The maximum absolute atomic E-state index is 13.1. The Morgan fingerprint density at radius 2 is 2.25 bits per heavy atom. The molecule has 0 aliphatic rings. The van der Waals surface area contributed by atoms with Gasteiger partial charge in [-0.3, -0.25) is 0 Å². The molecular weight excluding hydrogens is 157 g/mol. The van der Waals surface area contributed by atoms with Crippen molar-refractivity contribution in [2.45, 2.75) is 13.2 Å². The van der Waals surface area contributed by atoms with Crippen LogP contribution in [0.3, 0.4) is 0 Å². The maximum Gasteiger partial charge on any atom is 0.128 e. The highest BCUT2D eigenvalue weighted by Gasteiger charge is 2.01. The van der Waals surface area contributed by atoms with Gasteiger partial charge in [-0.15, -0.1) is 0 Å². The summed E-state index contributed by atoms with van der Waals surface area (Å²) in [7, 11) is 1.76. The minimum Gasteiger partial charge on any atom is -0.392 e. The fourth-order valence-corrected chi connectivity index (χ4v) is 1.02. The smallest absolute Gasteiger partial charge is 0.128 e. The minimum absolute atomic E-state index is 0.114. The van der Waals surface area contributed by atoms with Crippen LogP contribution >= 0.6 is 0 Å². The van der Waals surface area contributed by atoms with E-state index in [1.807, 2.05) is 0 Å². The average molecular weight is 169 g/mol. The summed E-state index contributed by atoms with van der Waals surface area (Å²) in [5.41, 5.74) is 1.22. The van der Waals surface area contributed by atoms with Crippen LogP contribution < -0.4 is 5.32 Å². The summed E-state index contributed by atoms with van der Waals surface area (Å²) in [4.78, 5) is 0. The predicted octanol–water partition coefficient (Wildman–Crippen LogP) is 1.04. The molecule has 0 aliphatic heterocycles. The van der Waals surface area contributed by atoms with Gasteiger partial charge >= 0.3 is 0 Å². The Morgan fingerprint density at radius 3 is 2.75 bits per heavy atom. The van der Waals surface area contributed by atoms with Gasteiger partial charge in [-0.1, -0.05) is 12.1 Å². The molecule has 12 heavy (non-hydrogen) atoms. The molecule has 0 bridgehead atoms. The second-order valence-corrected chi connectivity index (χ2v) is 2.61. The zero-order valence-corrected chi connectivity index (χ0v) is 6.97. The van der Waals surface area contributed by atoms with Gasteiger partial charge in [0.05, 0.1) is 6.61 Å². The van der Waals surface area contributed by atoms with E-state index < -0.39 is 0 Å². The van der Waals surface area contributed by atoms with Gasteiger partial charge in [-0.25, -0.2) is 4.39 Å². The molecule has 0 atom stereocenters. The van der Waals surface area contributed by atoms with E-state index >= 15 is 0 Å². The second-order valence-electron chi connectivity index (χ2n) is 2.61. The number of nitrogens with one attached hydrogen (secondary N) is 1. The van der Waals surface area contributed by atoms with Crippen LogP contribution in [-0.2, 0) is 13.2 Å². The quantitative estimate of drug-likeness (QED) is 0.708. The van der Waals surface area contributed by atoms with Crippen LogP contribution in [0.5, 0.6) is 0 Å². The van der Waals surface area contributed by atoms with Crippen molar-refractivity contribution < 1.29 is 9.50 Å². The summed E-state index contributed by atoms with van der Waals surface area (Å²) in [5, 5.41) is 11.6. The summed E-state index contributed by atoms with van der Waals surface area (Å²) < 4.78 is 13.1. The van der Waals surface area contributed by atoms with Crippen LogP contribution in [0, 0.1) is 5.82 Å². The summed E-state index contributed by atoms with van der Waals surface area (Å²) in [6.07, 6.45) is 0. The molecule has 1 rings (SSSR count). The van der Waals surface area contributed by atoms with Crippen molar-refractivity contribution in [2.75, 3.05) is 7.05 Å². The second kappa shape index (κ2) is 4.18. The Balaban J connectivity index is 2.87. The molecular formula is C9H12FNO. The number of aliphatic hydroxyl groups excluding tert-OH is 1. The van der Waals surface area contributed by atoms with Crippen LogP contribution in [0.1, 0.15) is 11.1 Å². The van der Waals surface area contributed by atoms with Crippen molar-refractivity contribution in [1.29, 1.82) is 0 Å². The Morgan fingerprint density at radius 1 is 1.50 bits per heavy atom. The zero-order valence-electron chi connectivity index (χ0n) is 6.97. The van der Waals surface area contributed by atoms with E-state index in [4.69, 9.17) is 5.11 Å². The number of benzene rings is 1. The molecule has 2 nitrogen and oxygen atoms in total. The monoisotopic (exact) mass is 169 g/mol. The van der Waals surface area contributed by atoms with E-state index in [2.05, 4.69) is 5.32 Å². The molecule has 0 fully saturated rings. The summed E-state index contributed by atoms with van der Waals surface area (Å²) in [6.45, 7) is 0.397. The molecule has 0 heterocycles. The Bertz CT molecular complexity index is 263. The third-order valence-corrected chi connectivity index (χ3v) is 1.67. The number of hydrogen-bond donors (Lipinski definition) is 2. The van der Waals surface area contributed by atoms with Gasteiger partial charge < -0.3 is 10.4 Å². The molecule has 2 N–H and O–H groups in total. The lowest BCUT2D eigenvalue weighted by Crippen LogP contribution is -2.07. The van der Waals surface area contributed by atoms with Crippen LogP contribution in [0.15, 0.2) is 18.2 Å². The van der Waals surface area contributed by atoms with E-state index in [9.17, 15) is 4.39 Å². The lowest BCUT2D eigenvalue weighted by molar-refractivity contribution is 0.281. The molecule has 0 saturated heterocycles. The van der Waals surface area contributed by atoms with Gasteiger partial charge in [0, 0.05) is 12.1 Å². The van der Waals surface area contributed by atoms with Crippen molar-refractivity contribution in [3.05, 3.63) is 35.1 Å². The molecule has 0 saturated carbocycles. The molecule has 0 aromatic heterocycles. The number of halogens is 1.